The van der Waals surface area contributed by atoms with E-state index in [4.69, 9.17) is 9.72 Å². The third-order valence-electron chi connectivity index (χ3n) is 9.09. The molecule has 1 saturated heterocycles. The number of rotatable bonds is 7. The standard InChI is InChI=1S/C34H35F2N7O3/c35-27-9-4-8-26(30(27)36)22-11-12-28(32-38-23(21-42(32)20-22)15-19-46-25-6-2-1-3-7-25)39-33(44)41-17-13-24(14-18-41)43-29-10-5-16-37-31(29)40-34(43)45/h1-10,16,21-22,24,28H,11-15,17-20H2,(H,39,44)(H,37,40,45)/t22-,28-/m1/s1. The minimum absolute atomic E-state index is 0.0473. The molecule has 2 aliphatic heterocycles. The topological polar surface area (TPSA) is 110 Å². The molecule has 0 aliphatic carbocycles. The second kappa shape index (κ2) is 12.8. The maximum atomic E-state index is 14.9. The van der Waals surface area contributed by atoms with Crippen molar-refractivity contribution in [3.63, 3.8) is 0 Å². The zero-order valence-corrected chi connectivity index (χ0v) is 25.2. The zero-order chi connectivity index (χ0) is 31.6. The van der Waals surface area contributed by atoms with Gasteiger partial charge in [0.05, 0.1) is 23.9 Å². The van der Waals surface area contributed by atoms with Gasteiger partial charge in [0, 0.05) is 50.4 Å². The Kier molecular flexibility index (Phi) is 8.25. The Hall–Kier alpha value is -5.00. The lowest BCUT2D eigenvalue weighted by atomic mass is 9.93. The van der Waals surface area contributed by atoms with E-state index in [1.54, 1.807) is 27.8 Å². The van der Waals surface area contributed by atoms with Crippen LogP contribution in [0.2, 0.25) is 0 Å². The molecule has 2 atom stereocenters. The highest BCUT2D eigenvalue weighted by molar-refractivity contribution is 5.75. The first-order valence-corrected chi connectivity index (χ1v) is 15.7. The van der Waals surface area contributed by atoms with Crippen LogP contribution in [0.15, 0.2) is 77.9 Å². The molecule has 0 bridgehead atoms. The summed E-state index contributed by atoms with van der Waals surface area (Å²) in [7, 11) is 0. The summed E-state index contributed by atoms with van der Waals surface area (Å²) < 4.78 is 38.7. The number of carbonyl (C=O) groups excluding carboxylic acids is 1. The molecule has 1 fully saturated rings. The third kappa shape index (κ3) is 5.99. The van der Waals surface area contributed by atoms with E-state index >= 15 is 0 Å². The molecule has 2 aliphatic rings. The minimum Gasteiger partial charge on any atom is -0.493 e. The average molecular weight is 628 g/mol. The summed E-state index contributed by atoms with van der Waals surface area (Å²) in [5.74, 6) is -0.536. The molecule has 3 aromatic heterocycles. The normalized spacial score (nSPS) is 18.7. The van der Waals surface area contributed by atoms with Gasteiger partial charge >= 0.3 is 11.7 Å². The van der Waals surface area contributed by atoms with E-state index < -0.39 is 17.7 Å². The molecule has 46 heavy (non-hydrogen) atoms. The smallest absolute Gasteiger partial charge is 0.327 e. The van der Waals surface area contributed by atoms with Crippen molar-refractivity contribution >= 4 is 17.2 Å². The Morgan fingerprint density at radius 3 is 2.65 bits per heavy atom. The van der Waals surface area contributed by atoms with Crippen molar-refractivity contribution in [2.24, 2.45) is 0 Å². The van der Waals surface area contributed by atoms with Gasteiger partial charge in [0.25, 0.3) is 0 Å². The number of imidazole rings is 2. The van der Waals surface area contributed by atoms with E-state index in [1.165, 1.54) is 6.07 Å². The van der Waals surface area contributed by atoms with Gasteiger partial charge in [-0.1, -0.05) is 30.3 Å². The van der Waals surface area contributed by atoms with Crippen LogP contribution in [0.4, 0.5) is 13.6 Å². The Bertz CT molecular complexity index is 1900. The highest BCUT2D eigenvalue weighted by Crippen LogP contribution is 2.35. The number of halogens is 2. The molecule has 238 valence electrons. The van der Waals surface area contributed by atoms with E-state index in [0.29, 0.717) is 75.4 Å². The van der Waals surface area contributed by atoms with Gasteiger partial charge in [-0.2, -0.15) is 0 Å². The van der Waals surface area contributed by atoms with Crippen molar-refractivity contribution in [1.29, 1.82) is 0 Å². The van der Waals surface area contributed by atoms with Gasteiger partial charge in [-0.15, -0.1) is 0 Å². The maximum absolute atomic E-state index is 14.9. The molecule has 0 spiro atoms. The van der Waals surface area contributed by atoms with Crippen LogP contribution in [0.3, 0.4) is 0 Å². The molecule has 2 amide bonds. The van der Waals surface area contributed by atoms with Gasteiger partial charge < -0.3 is 19.5 Å². The fourth-order valence-corrected chi connectivity index (χ4v) is 6.76. The number of pyridine rings is 1. The second-order valence-electron chi connectivity index (χ2n) is 12.0. The maximum Gasteiger partial charge on any atom is 0.327 e. The largest absolute Gasteiger partial charge is 0.493 e. The van der Waals surface area contributed by atoms with Crippen LogP contribution in [0, 0.1) is 11.6 Å². The van der Waals surface area contributed by atoms with Gasteiger partial charge in [0.2, 0.25) is 0 Å². The third-order valence-corrected chi connectivity index (χ3v) is 9.09. The fourth-order valence-electron chi connectivity index (χ4n) is 6.76. The van der Waals surface area contributed by atoms with Crippen LogP contribution in [0.5, 0.6) is 5.75 Å². The number of nitrogens with zero attached hydrogens (tertiary/aromatic N) is 5. The molecule has 12 heteroatoms. The van der Waals surface area contributed by atoms with Gasteiger partial charge in [-0.25, -0.2) is 28.3 Å². The first kappa shape index (κ1) is 29.7. The number of fused-ring (bicyclic) bond motifs is 2. The predicted octanol–water partition coefficient (Wildman–Crippen LogP) is 5.49. The number of ether oxygens (including phenoxy) is 1. The molecule has 2 aromatic carbocycles. The predicted molar refractivity (Wildman–Crippen MR) is 168 cm³/mol. The first-order valence-electron chi connectivity index (χ1n) is 15.7. The molecule has 10 nitrogen and oxygen atoms in total. The number of urea groups is 1. The van der Waals surface area contributed by atoms with E-state index in [1.807, 2.05) is 47.2 Å². The van der Waals surface area contributed by atoms with Crippen LogP contribution >= 0.6 is 0 Å². The van der Waals surface area contributed by atoms with Gasteiger partial charge in [-0.3, -0.25) is 9.55 Å². The van der Waals surface area contributed by atoms with Crippen LogP contribution in [0.1, 0.15) is 60.8 Å². The summed E-state index contributed by atoms with van der Waals surface area (Å²) >= 11 is 0. The van der Waals surface area contributed by atoms with Crippen molar-refractivity contribution in [3.8, 4) is 5.75 Å². The Morgan fingerprint density at radius 1 is 1.00 bits per heavy atom. The lowest BCUT2D eigenvalue weighted by Crippen LogP contribution is -2.46. The number of piperidine rings is 1. The Morgan fingerprint density at radius 2 is 1.83 bits per heavy atom. The zero-order valence-electron chi connectivity index (χ0n) is 25.2. The number of hydrogen-bond acceptors (Lipinski definition) is 5. The highest BCUT2D eigenvalue weighted by atomic mass is 19.2. The first-order chi connectivity index (χ1) is 22.4. The number of hydrogen-bond donors (Lipinski definition) is 2. The number of amides is 2. The number of nitrogens with one attached hydrogen (secondary N) is 2. The molecule has 2 N–H and O–H groups in total. The number of aromatic nitrogens is 5. The molecule has 7 rings (SSSR count). The number of likely N-dealkylation sites (tertiary alicyclic amines) is 1. The number of aromatic amines is 1. The summed E-state index contributed by atoms with van der Waals surface area (Å²) in [5.41, 5.74) is 2.24. The number of H-pyrrole nitrogens is 1. The molecule has 0 saturated carbocycles. The minimum atomic E-state index is -0.870. The molecular weight excluding hydrogens is 592 g/mol. The number of para-hydroxylation sites is 1. The lowest BCUT2D eigenvalue weighted by Gasteiger charge is -2.33. The quantitative estimate of drug-likeness (QED) is 0.248. The van der Waals surface area contributed by atoms with Crippen LogP contribution in [-0.4, -0.2) is 54.7 Å². The van der Waals surface area contributed by atoms with Gasteiger partial charge in [0.1, 0.15) is 11.6 Å². The summed E-state index contributed by atoms with van der Waals surface area (Å²) in [5, 5.41) is 3.19. The van der Waals surface area contributed by atoms with Crippen LogP contribution in [-0.2, 0) is 13.0 Å². The SMILES string of the molecule is O=C(N[C@@H]1CC[C@@H](c2cccc(F)c2F)Cn2cc(CCOc3ccccc3)nc21)N1CCC(n2c(=O)[nH]c3ncccc32)CC1. The van der Waals surface area contributed by atoms with E-state index in [0.717, 1.165) is 23.0 Å². The molecule has 0 radical (unpaired) electrons. The molecule has 5 heterocycles. The lowest BCUT2D eigenvalue weighted by molar-refractivity contribution is 0.167. The summed E-state index contributed by atoms with van der Waals surface area (Å²) in [6.45, 7) is 1.80. The summed E-state index contributed by atoms with van der Waals surface area (Å²) in [6, 6.07) is 16.8. The summed E-state index contributed by atoms with van der Waals surface area (Å²) in [4.78, 5) is 40.0. The Labute approximate surface area is 264 Å². The van der Waals surface area contributed by atoms with E-state index in [9.17, 15) is 18.4 Å². The fraction of sp³-hybridized carbons (Fsp3) is 0.353. The van der Waals surface area contributed by atoms with Crippen molar-refractivity contribution < 1.29 is 18.3 Å². The second-order valence-corrected chi connectivity index (χ2v) is 12.0. The van der Waals surface area contributed by atoms with Crippen molar-refractivity contribution in [2.45, 2.75) is 56.7 Å². The van der Waals surface area contributed by atoms with Crippen LogP contribution in [0.25, 0.3) is 11.2 Å². The van der Waals surface area contributed by atoms with Crippen molar-refractivity contribution in [1.82, 2.24) is 34.3 Å². The summed E-state index contributed by atoms with van der Waals surface area (Å²) in [6.07, 6.45) is 6.43. The van der Waals surface area contributed by atoms with Crippen molar-refractivity contribution in [2.75, 3.05) is 19.7 Å². The average Bonchev–Trinajstić information content (AvgIpc) is 3.58. The highest BCUT2D eigenvalue weighted by Gasteiger charge is 2.32. The molecule has 0 unspecified atom stereocenters. The number of carbonyl (C=O) groups is 1. The molecule has 5 aromatic rings. The molecular formula is C34H35F2N7O3. The monoisotopic (exact) mass is 627 g/mol. The van der Waals surface area contributed by atoms with E-state index in [-0.39, 0.29) is 23.7 Å². The Balaban J connectivity index is 1.06. The van der Waals surface area contributed by atoms with Gasteiger partial charge in [-0.05, 0) is 61.6 Å². The number of benzene rings is 2. The van der Waals surface area contributed by atoms with Crippen molar-refractivity contribution in [3.05, 3.63) is 112 Å². The van der Waals surface area contributed by atoms with E-state index in [2.05, 4.69) is 15.3 Å². The van der Waals surface area contributed by atoms with Crippen LogP contribution < -0.4 is 15.7 Å². The van der Waals surface area contributed by atoms with Gasteiger partial charge in [0.15, 0.2) is 17.3 Å².